The molecule has 98 valence electrons. The standard InChI is InChI=1S/C12H28N2S2/c1-10(6-13-8-11(2,3)15)7-14-9-12(4,5)16/h10,13-16H,6-9H2,1-5H3. The first-order valence-corrected chi connectivity index (χ1v) is 6.86. The molecular weight excluding hydrogens is 236 g/mol. The van der Waals surface area contributed by atoms with Crippen molar-refractivity contribution in [1.82, 2.24) is 10.6 Å². The van der Waals surface area contributed by atoms with Crippen molar-refractivity contribution in [2.45, 2.75) is 44.1 Å². The van der Waals surface area contributed by atoms with Gasteiger partial charge < -0.3 is 10.6 Å². The van der Waals surface area contributed by atoms with E-state index in [1.807, 2.05) is 0 Å². The molecule has 0 heterocycles. The molecule has 4 heteroatoms. The molecule has 0 saturated heterocycles. The van der Waals surface area contributed by atoms with Gasteiger partial charge in [0.2, 0.25) is 0 Å². The average molecular weight is 265 g/mol. The molecule has 2 N–H and O–H groups in total. The third-order valence-corrected chi connectivity index (χ3v) is 2.42. The maximum absolute atomic E-state index is 4.48. The van der Waals surface area contributed by atoms with Crippen molar-refractivity contribution in [2.24, 2.45) is 5.92 Å². The molecule has 0 aromatic carbocycles. The molecule has 0 atom stereocenters. The third-order valence-electron chi connectivity index (χ3n) is 2.10. The van der Waals surface area contributed by atoms with Gasteiger partial charge in [-0.1, -0.05) is 6.92 Å². The van der Waals surface area contributed by atoms with Gasteiger partial charge in [0.1, 0.15) is 0 Å². The molecule has 0 spiro atoms. The van der Waals surface area contributed by atoms with Crippen LogP contribution in [0.4, 0.5) is 0 Å². The van der Waals surface area contributed by atoms with Gasteiger partial charge in [-0.2, -0.15) is 25.3 Å². The van der Waals surface area contributed by atoms with Gasteiger partial charge in [-0.25, -0.2) is 0 Å². The SMILES string of the molecule is CC(CNCC(C)(C)S)CNCC(C)(C)S. The van der Waals surface area contributed by atoms with E-state index < -0.39 is 0 Å². The van der Waals surface area contributed by atoms with E-state index in [0.717, 1.165) is 26.2 Å². The summed E-state index contributed by atoms with van der Waals surface area (Å²) in [7, 11) is 0. The van der Waals surface area contributed by atoms with Gasteiger partial charge >= 0.3 is 0 Å². The van der Waals surface area contributed by atoms with Gasteiger partial charge in [-0.05, 0) is 46.7 Å². The van der Waals surface area contributed by atoms with E-state index in [2.05, 4.69) is 70.5 Å². The highest BCUT2D eigenvalue weighted by molar-refractivity contribution is 7.82. The molecule has 16 heavy (non-hydrogen) atoms. The summed E-state index contributed by atoms with van der Waals surface area (Å²) in [6.07, 6.45) is 0. The molecule has 0 radical (unpaired) electrons. The monoisotopic (exact) mass is 264 g/mol. The molecule has 0 aliphatic carbocycles. The zero-order valence-corrected chi connectivity index (χ0v) is 13.1. The predicted octanol–water partition coefficient (Wildman–Crippen LogP) is 2.22. The van der Waals surface area contributed by atoms with Crippen molar-refractivity contribution in [3.63, 3.8) is 0 Å². The van der Waals surface area contributed by atoms with Crippen LogP contribution in [0.1, 0.15) is 34.6 Å². The fraction of sp³-hybridized carbons (Fsp3) is 1.00. The Morgan fingerprint density at radius 3 is 1.44 bits per heavy atom. The number of nitrogens with one attached hydrogen (secondary N) is 2. The van der Waals surface area contributed by atoms with Crippen molar-refractivity contribution in [2.75, 3.05) is 26.2 Å². The van der Waals surface area contributed by atoms with Crippen LogP contribution >= 0.6 is 25.3 Å². The third kappa shape index (κ3) is 12.7. The predicted molar refractivity (Wildman–Crippen MR) is 81.0 cm³/mol. The van der Waals surface area contributed by atoms with E-state index in [0.29, 0.717) is 5.92 Å². The Labute approximate surface area is 112 Å². The highest BCUT2D eigenvalue weighted by Gasteiger charge is 2.13. The molecule has 0 rings (SSSR count). The molecule has 0 aromatic rings. The molecule has 2 nitrogen and oxygen atoms in total. The van der Waals surface area contributed by atoms with Gasteiger partial charge in [-0.15, -0.1) is 0 Å². The second-order valence-electron chi connectivity index (χ2n) is 5.99. The maximum Gasteiger partial charge on any atom is 0.0198 e. The minimum atomic E-state index is 0.0697. The van der Waals surface area contributed by atoms with Crippen LogP contribution in [-0.2, 0) is 0 Å². The Balaban J connectivity index is 3.49. The fourth-order valence-electron chi connectivity index (χ4n) is 1.32. The molecule has 0 bridgehead atoms. The van der Waals surface area contributed by atoms with Crippen LogP contribution in [0.2, 0.25) is 0 Å². The van der Waals surface area contributed by atoms with Gasteiger partial charge in [-0.3, -0.25) is 0 Å². The number of hydrogen-bond acceptors (Lipinski definition) is 4. The van der Waals surface area contributed by atoms with Crippen LogP contribution in [0.25, 0.3) is 0 Å². The first-order chi connectivity index (χ1) is 7.10. The molecule has 0 fully saturated rings. The second kappa shape index (κ2) is 7.14. The minimum absolute atomic E-state index is 0.0697. The summed E-state index contributed by atoms with van der Waals surface area (Å²) < 4.78 is 0.139. The average Bonchev–Trinajstić information content (AvgIpc) is 1.98. The lowest BCUT2D eigenvalue weighted by atomic mass is 10.1. The molecule has 0 aromatic heterocycles. The lowest BCUT2D eigenvalue weighted by Crippen LogP contribution is -2.38. The highest BCUT2D eigenvalue weighted by atomic mass is 32.1. The Kier molecular flexibility index (Phi) is 7.42. The van der Waals surface area contributed by atoms with Gasteiger partial charge in [0, 0.05) is 22.6 Å². The van der Waals surface area contributed by atoms with E-state index in [1.54, 1.807) is 0 Å². The van der Waals surface area contributed by atoms with Crippen LogP contribution < -0.4 is 10.6 Å². The molecular formula is C12H28N2S2. The van der Waals surface area contributed by atoms with E-state index in [9.17, 15) is 0 Å². The number of hydrogen-bond donors (Lipinski definition) is 4. The zero-order valence-electron chi connectivity index (χ0n) is 11.3. The Morgan fingerprint density at radius 2 is 1.19 bits per heavy atom. The molecule has 0 saturated carbocycles. The van der Waals surface area contributed by atoms with Gasteiger partial charge in [0.25, 0.3) is 0 Å². The van der Waals surface area contributed by atoms with Gasteiger partial charge in [0.15, 0.2) is 0 Å². The quantitative estimate of drug-likeness (QED) is 0.505. The summed E-state index contributed by atoms with van der Waals surface area (Å²) in [5.41, 5.74) is 0. The van der Waals surface area contributed by atoms with Crippen molar-refractivity contribution in [3.8, 4) is 0 Å². The summed E-state index contributed by atoms with van der Waals surface area (Å²) in [5.74, 6) is 0.631. The van der Waals surface area contributed by atoms with E-state index in [4.69, 9.17) is 0 Å². The van der Waals surface area contributed by atoms with Crippen LogP contribution in [0, 0.1) is 5.92 Å². The lowest BCUT2D eigenvalue weighted by Gasteiger charge is -2.22. The van der Waals surface area contributed by atoms with E-state index in [1.165, 1.54) is 0 Å². The van der Waals surface area contributed by atoms with Gasteiger partial charge in [0.05, 0.1) is 0 Å². The first kappa shape index (κ1) is 16.6. The second-order valence-corrected chi connectivity index (χ2v) is 8.41. The normalized spacial score (nSPS) is 13.5. The van der Waals surface area contributed by atoms with Crippen LogP contribution in [-0.4, -0.2) is 35.7 Å². The van der Waals surface area contributed by atoms with Crippen molar-refractivity contribution in [3.05, 3.63) is 0 Å². The largest absolute Gasteiger partial charge is 0.315 e. The number of rotatable bonds is 8. The van der Waals surface area contributed by atoms with Crippen molar-refractivity contribution >= 4 is 25.3 Å². The molecule has 0 aliphatic heterocycles. The van der Waals surface area contributed by atoms with E-state index in [-0.39, 0.29) is 9.49 Å². The summed E-state index contributed by atoms with van der Waals surface area (Å²) in [5, 5.41) is 6.87. The zero-order chi connectivity index (χ0) is 12.8. The van der Waals surface area contributed by atoms with Crippen molar-refractivity contribution < 1.29 is 0 Å². The minimum Gasteiger partial charge on any atom is -0.315 e. The topological polar surface area (TPSA) is 24.1 Å². The number of thiol groups is 2. The molecule has 0 amide bonds. The smallest absolute Gasteiger partial charge is 0.0198 e. The summed E-state index contributed by atoms with van der Waals surface area (Å²) in [4.78, 5) is 0. The Morgan fingerprint density at radius 1 is 0.875 bits per heavy atom. The Hall–Kier alpha value is 0.620. The first-order valence-electron chi connectivity index (χ1n) is 5.96. The van der Waals surface area contributed by atoms with Crippen LogP contribution in [0.15, 0.2) is 0 Å². The lowest BCUT2D eigenvalue weighted by molar-refractivity contribution is 0.450. The van der Waals surface area contributed by atoms with Crippen LogP contribution in [0.5, 0.6) is 0 Å². The fourth-order valence-corrected chi connectivity index (χ4v) is 1.54. The van der Waals surface area contributed by atoms with E-state index >= 15 is 0 Å². The summed E-state index contributed by atoms with van der Waals surface area (Å²) in [6, 6.07) is 0. The Bertz CT molecular complexity index is 162. The van der Waals surface area contributed by atoms with Crippen molar-refractivity contribution in [1.29, 1.82) is 0 Å². The summed E-state index contributed by atoms with van der Waals surface area (Å²) in [6.45, 7) is 14.7. The van der Waals surface area contributed by atoms with Crippen LogP contribution in [0.3, 0.4) is 0 Å². The summed E-state index contributed by atoms with van der Waals surface area (Å²) >= 11 is 8.95. The molecule has 0 aliphatic rings. The molecule has 0 unspecified atom stereocenters. The highest BCUT2D eigenvalue weighted by Crippen LogP contribution is 2.10. The maximum atomic E-state index is 4.48.